The zero-order chi connectivity index (χ0) is 15.8. The Morgan fingerprint density at radius 1 is 1.35 bits per heavy atom. The van der Waals surface area contributed by atoms with E-state index in [2.05, 4.69) is 33.2 Å². The topological polar surface area (TPSA) is 79.7 Å². The molecule has 23 heavy (non-hydrogen) atoms. The van der Waals surface area contributed by atoms with Crippen LogP contribution in [0.3, 0.4) is 0 Å². The molecule has 1 atom stereocenters. The molecule has 0 aliphatic carbocycles. The number of likely N-dealkylation sites (tertiary alicyclic amines) is 1. The van der Waals surface area contributed by atoms with E-state index in [-0.39, 0.29) is 18.5 Å². The number of hydrogen-bond donors (Lipinski definition) is 1. The number of nitrogens with zero attached hydrogens (tertiary/aromatic N) is 5. The third-order valence-corrected chi connectivity index (χ3v) is 4.29. The normalized spacial score (nSPS) is 18.0. The van der Waals surface area contributed by atoms with Gasteiger partial charge in [-0.15, -0.1) is 0 Å². The average Bonchev–Trinajstić information content (AvgIpc) is 3.26. The van der Waals surface area contributed by atoms with Crippen molar-refractivity contribution in [2.45, 2.75) is 32.4 Å². The van der Waals surface area contributed by atoms with E-state index in [9.17, 15) is 4.79 Å². The van der Waals surface area contributed by atoms with Gasteiger partial charge in [-0.1, -0.05) is 6.07 Å². The fourth-order valence-electron chi connectivity index (χ4n) is 3.19. The van der Waals surface area contributed by atoms with E-state index in [0.717, 1.165) is 36.2 Å². The molecule has 0 saturated carbocycles. The molecule has 7 heteroatoms. The first-order valence-corrected chi connectivity index (χ1v) is 7.80. The maximum Gasteiger partial charge on any atom is 0.246 e. The lowest BCUT2D eigenvalue weighted by Crippen LogP contribution is -2.34. The Morgan fingerprint density at radius 2 is 2.17 bits per heavy atom. The Kier molecular flexibility index (Phi) is 3.33. The first-order valence-electron chi connectivity index (χ1n) is 7.80. The molecule has 1 N–H and O–H groups in total. The molecule has 1 aromatic carbocycles. The summed E-state index contributed by atoms with van der Waals surface area (Å²) < 4.78 is 0. The van der Waals surface area contributed by atoms with Crippen LogP contribution < -0.4 is 0 Å². The van der Waals surface area contributed by atoms with E-state index in [4.69, 9.17) is 0 Å². The van der Waals surface area contributed by atoms with Gasteiger partial charge in [-0.05, 0) is 37.5 Å². The molecule has 0 radical (unpaired) electrons. The molecule has 118 valence electrons. The number of amides is 1. The van der Waals surface area contributed by atoms with Crippen LogP contribution in [0.5, 0.6) is 0 Å². The summed E-state index contributed by atoms with van der Waals surface area (Å²) in [5.74, 6) is 0.894. The van der Waals surface area contributed by atoms with Crippen LogP contribution in [0, 0.1) is 6.92 Å². The summed E-state index contributed by atoms with van der Waals surface area (Å²) in [4.78, 5) is 23.9. The van der Waals surface area contributed by atoms with Gasteiger partial charge in [0.25, 0.3) is 0 Å². The average molecular weight is 310 g/mol. The largest absolute Gasteiger partial charge is 0.340 e. The minimum absolute atomic E-state index is 0.00534. The highest BCUT2D eigenvalue weighted by Gasteiger charge is 2.32. The van der Waals surface area contributed by atoms with E-state index < -0.39 is 0 Å². The SMILES string of the molecule is Cc1ccc2nc([C@@H]3CCCN3C(=O)Cn3nccn3)[nH]c2c1. The Bertz CT molecular complexity index is 838. The van der Waals surface area contributed by atoms with Crippen molar-refractivity contribution in [1.29, 1.82) is 0 Å². The molecule has 2 aromatic heterocycles. The minimum Gasteiger partial charge on any atom is -0.340 e. The molecule has 1 saturated heterocycles. The van der Waals surface area contributed by atoms with E-state index in [1.807, 2.05) is 17.0 Å². The summed E-state index contributed by atoms with van der Waals surface area (Å²) in [6, 6.07) is 6.15. The number of rotatable bonds is 3. The molecule has 0 bridgehead atoms. The van der Waals surface area contributed by atoms with Gasteiger partial charge in [0.1, 0.15) is 12.4 Å². The van der Waals surface area contributed by atoms with E-state index in [1.165, 1.54) is 10.4 Å². The summed E-state index contributed by atoms with van der Waals surface area (Å²) in [6.45, 7) is 2.98. The summed E-state index contributed by atoms with van der Waals surface area (Å²) >= 11 is 0. The van der Waals surface area contributed by atoms with E-state index in [0.29, 0.717) is 0 Å². The Hall–Kier alpha value is -2.70. The van der Waals surface area contributed by atoms with Crippen LogP contribution in [0.25, 0.3) is 11.0 Å². The zero-order valence-electron chi connectivity index (χ0n) is 12.9. The van der Waals surface area contributed by atoms with Crippen LogP contribution in [0.4, 0.5) is 0 Å². The fraction of sp³-hybridized carbons (Fsp3) is 0.375. The third-order valence-electron chi connectivity index (χ3n) is 4.29. The highest BCUT2D eigenvalue weighted by molar-refractivity contribution is 5.78. The number of H-pyrrole nitrogens is 1. The van der Waals surface area contributed by atoms with Gasteiger partial charge in [-0.2, -0.15) is 15.0 Å². The molecule has 1 aliphatic rings. The summed E-state index contributed by atoms with van der Waals surface area (Å²) in [5, 5.41) is 8.01. The number of aromatic nitrogens is 5. The van der Waals surface area contributed by atoms with Gasteiger partial charge >= 0.3 is 0 Å². The zero-order valence-corrected chi connectivity index (χ0v) is 12.9. The van der Waals surface area contributed by atoms with Crippen molar-refractivity contribution in [3.05, 3.63) is 42.0 Å². The minimum atomic E-state index is 0.00534. The van der Waals surface area contributed by atoms with E-state index in [1.54, 1.807) is 12.4 Å². The molecule has 1 fully saturated rings. The highest BCUT2D eigenvalue weighted by atomic mass is 16.2. The fourth-order valence-corrected chi connectivity index (χ4v) is 3.19. The number of aryl methyl sites for hydroxylation is 1. The van der Waals surface area contributed by atoms with Crippen LogP contribution in [-0.2, 0) is 11.3 Å². The molecule has 4 rings (SSSR count). The number of fused-ring (bicyclic) bond motifs is 1. The second-order valence-corrected chi connectivity index (χ2v) is 5.95. The monoisotopic (exact) mass is 310 g/mol. The molecular weight excluding hydrogens is 292 g/mol. The second-order valence-electron chi connectivity index (χ2n) is 5.95. The second kappa shape index (κ2) is 5.49. The smallest absolute Gasteiger partial charge is 0.246 e. The number of carbonyl (C=O) groups excluding carboxylic acids is 1. The van der Waals surface area contributed by atoms with Crippen molar-refractivity contribution in [1.82, 2.24) is 29.9 Å². The van der Waals surface area contributed by atoms with Crippen LogP contribution in [0.2, 0.25) is 0 Å². The Labute approximate surface area is 133 Å². The van der Waals surface area contributed by atoms with Crippen molar-refractivity contribution < 1.29 is 4.79 Å². The van der Waals surface area contributed by atoms with Gasteiger partial charge in [-0.3, -0.25) is 4.79 Å². The molecule has 0 unspecified atom stereocenters. The molecule has 7 nitrogen and oxygen atoms in total. The van der Waals surface area contributed by atoms with E-state index >= 15 is 0 Å². The van der Waals surface area contributed by atoms with Crippen molar-refractivity contribution in [2.75, 3.05) is 6.54 Å². The standard InChI is InChI=1S/C16H18N6O/c1-11-4-5-12-13(9-11)20-16(19-12)14-3-2-8-21(14)15(23)10-22-17-6-7-18-22/h4-7,9,14H,2-3,8,10H2,1H3,(H,19,20)/t14-/m0/s1. The van der Waals surface area contributed by atoms with Crippen molar-refractivity contribution in [2.24, 2.45) is 0 Å². The van der Waals surface area contributed by atoms with Crippen LogP contribution >= 0.6 is 0 Å². The molecule has 1 aliphatic heterocycles. The maximum atomic E-state index is 12.5. The lowest BCUT2D eigenvalue weighted by atomic mass is 10.2. The predicted octanol–water partition coefficient (Wildman–Crippen LogP) is 1.83. The van der Waals surface area contributed by atoms with Crippen molar-refractivity contribution in [3.8, 4) is 0 Å². The van der Waals surface area contributed by atoms with Gasteiger partial charge in [0.2, 0.25) is 5.91 Å². The van der Waals surface area contributed by atoms with Gasteiger partial charge in [0.15, 0.2) is 0 Å². The van der Waals surface area contributed by atoms with Gasteiger partial charge in [-0.25, -0.2) is 4.98 Å². The molecular formula is C16H18N6O. The van der Waals surface area contributed by atoms with Crippen LogP contribution in [-0.4, -0.2) is 42.3 Å². The van der Waals surface area contributed by atoms with Gasteiger partial charge < -0.3 is 9.88 Å². The van der Waals surface area contributed by atoms with Crippen LogP contribution in [0.15, 0.2) is 30.6 Å². The number of hydrogen-bond acceptors (Lipinski definition) is 4. The molecule has 3 aromatic rings. The summed E-state index contributed by atoms with van der Waals surface area (Å²) in [7, 11) is 0. The number of aromatic amines is 1. The highest BCUT2D eigenvalue weighted by Crippen LogP contribution is 2.31. The number of nitrogens with one attached hydrogen (secondary N) is 1. The third kappa shape index (κ3) is 2.58. The number of carbonyl (C=O) groups is 1. The first kappa shape index (κ1) is 13.9. The Balaban J connectivity index is 1.59. The predicted molar refractivity (Wildman–Crippen MR) is 84.5 cm³/mol. The van der Waals surface area contributed by atoms with Crippen molar-refractivity contribution >= 4 is 16.9 Å². The van der Waals surface area contributed by atoms with Crippen molar-refractivity contribution in [3.63, 3.8) is 0 Å². The van der Waals surface area contributed by atoms with Crippen LogP contribution in [0.1, 0.15) is 30.3 Å². The lowest BCUT2D eigenvalue weighted by Gasteiger charge is -2.22. The molecule has 3 heterocycles. The summed E-state index contributed by atoms with van der Waals surface area (Å²) in [5.41, 5.74) is 3.16. The van der Waals surface area contributed by atoms with Gasteiger partial charge in [0.05, 0.1) is 29.5 Å². The lowest BCUT2D eigenvalue weighted by molar-refractivity contribution is -0.133. The number of benzene rings is 1. The molecule has 0 spiro atoms. The maximum absolute atomic E-state index is 12.5. The van der Waals surface area contributed by atoms with Gasteiger partial charge in [0, 0.05) is 6.54 Å². The first-order chi connectivity index (χ1) is 11.2. The number of imidazole rings is 1. The Morgan fingerprint density at radius 3 is 3.00 bits per heavy atom. The molecule has 1 amide bonds. The summed E-state index contributed by atoms with van der Waals surface area (Å²) in [6.07, 6.45) is 5.07. The quantitative estimate of drug-likeness (QED) is 0.800.